The van der Waals surface area contributed by atoms with E-state index in [0.29, 0.717) is 25.0 Å². The average molecular weight is 719 g/mol. The normalized spacial score (nSPS) is 29.8. The van der Waals surface area contributed by atoms with Gasteiger partial charge in [0.25, 0.3) is 6.10 Å². The Labute approximate surface area is 267 Å². The number of carbonyl (C=O) groups is 2. The van der Waals surface area contributed by atoms with Crippen LogP contribution in [0.1, 0.15) is 38.5 Å². The van der Waals surface area contributed by atoms with E-state index in [9.17, 15) is 57.7 Å². The van der Waals surface area contributed by atoms with E-state index in [1.165, 1.54) is 15.7 Å². The maximum Gasteiger partial charge on any atom is 0.432 e. The first kappa shape index (κ1) is 35.8. The summed E-state index contributed by atoms with van der Waals surface area (Å²) in [5.74, 6) is -1.30. The van der Waals surface area contributed by atoms with Crippen molar-refractivity contribution in [2.45, 2.75) is 73.2 Å². The predicted octanol–water partition coefficient (Wildman–Crippen LogP) is 6.16. The number of hydrogen-bond donors (Lipinski definition) is 0. The second-order valence-electron chi connectivity index (χ2n) is 12.5. The number of Topliss-reactive ketones (excluding diaryl/α,β-unsaturated/α-hetero) is 1. The number of halogens is 8. The standard InChI is InChI=1S/C16H16F3OS.C14H15F5O6S/c17-16(18,19)11-20-13-8-9-21(10-13)15-7-3-5-12-4-1-2-6-14(12)15;15-13(16,17)10(14(18,19)26(22,23)24)25-11(21)12-3-6-1-7(4-12)9(20)8(2-6)5-12/h1-7,13H,8-11H2;6-8,10H,1-5H2,(H,22,23,24)/q+1;/p-1. The highest BCUT2D eigenvalue weighted by atomic mass is 32.2. The lowest BCUT2D eigenvalue weighted by molar-refractivity contribution is -0.265. The van der Waals surface area contributed by atoms with Crippen molar-refractivity contribution in [2.24, 2.45) is 23.2 Å². The van der Waals surface area contributed by atoms with E-state index in [4.69, 9.17) is 4.74 Å². The molecule has 0 radical (unpaired) electrons. The smallest absolute Gasteiger partial charge is 0.432 e. The van der Waals surface area contributed by atoms with Crippen LogP contribution in [0, 0.1) is 23.2 Å². The molecule has 0 aromatic heterocycles. The van der Waals surface area contributed by atoms with Crippen molar-refractivity contribution in [3.63, 3.8) is 0 Å². The molecule has 4 aliphatic carbocycles. The second-order valence-corrected chi connectivity index (χ2v) is 16.2. The van der Waals surface area contributed by atoms with Crippen molar-refractivity contribution in [3.8, 4) is 0 Å². The Morgan fingerprint density at radius 2 is 1.57 bits per heavy atom. The molecule has 5 fully saturated rings. The fourth-order valence-electron chi connectivity index (χ4n) is 7.34. The predicted molar refractivity (Wildman–Crippen MR) is 151 cm³/mol. The van der Waals surface area contributed by atoms with Crippen LogP contribution in [0.3, 0.4) is 0 Å². The molecule has 1 saturated heterocycles. The van der Waals surface area contributed by atoms with Crippen molar-refractivity contribution >= 4 is 43.5 Å². The average Bonchev–Trinajstić information content (AvgIpc) is 3.44. The topological polar surface area (TPSA) is 110 Å². The highest BCUT2D eigenvalue weighted by molar-refractivity contribution is 7.97. The van der Waals surface area contributed by atoms with E-state index in [1.807, 2.05) is 18.2 Å². The summed E-state index contributed by atoms with van der Waals surface area (Å²) in [6, 6.07) is 14.3. The van der Waals surface area contributed by atoms with E-state index >= 15 is 0 Å². The van der Waals surface area contributed by atoms with Gasteiger partial charge in [-0.3, -0.25) is 9.59 Å². The summed E-state index contributed by atoms with van der Waals surface area (Å²) >= 11 is 0. The molecule has 0 N–H and O–H groups in total. The summed E-state index contributed by atoms with van der Waals surface area (Å²) in [5, 5.41) is -3.47. The van der Waals surface area contributed by atoms with Crippen LogP contribution in [0.4, 0.5) is 35.1 Å². The largest absolute Gasteiger partial charge is 0.743 e. The fraction of sp³-hybridized carbons (Fsp3) is 0.600. The molecule has 0 amide bonds. The van der Waals surface area contributed by atoms with E-state index in [0.717, 1.165) is 5.75 Å². The molecule has 17 heteroatoms. The number of rotatable bonds is 7. The SMILES string of the molecule is FC(F)(F)COC1CC[S+](c2cccc3ccccc23)C1.O=C1C2CC3CC1CC(C(=O)OC(C(F)(F)F)C(F)(F)S(=O)(=O)[O-])(C3)C2. The molecule has 4 saturated carbocycles. The van der Waals surface area contributed by atoms with E-state index in [1.54, 1.807) is 0 Å². The van der Waals surface area contributed by atoms with Crippen molar-refractivity contribution in [2.75, 3.05) is 18.1 Å². The number of ether oxygens (including phenoxy) is 2. The van der Waals surface area contributed by atoms with Crippen molar-refractivity contribution < 1.29 is 67.2 Å². The van der Waals surface area contributed by atoms with Gasteiger partial charge in [-0.05, 0) is 55.5 Å². The van der Waals surface area contributed by atoms with E-state index in [2.05, 4.69) is 29.0 Å². The Bertz CT molecular complexity index is 1590. The van der Waals surface area contributed by atoms with Gasteiger partial charge in [0.15, 0.2) is 15.0 Å². The van der Waals surface area contributed by atoms with Gasteiger partial charge in [-0.25, -0.2) is 8.42 Å². The minimum atomic E-state index is -6.73. The Morgan fingerprint density at radius 3 is 2.17 bits per heavy atom. The summed E-state index contributed by atoms with van der Waals surface area (Å²) in [5.41, 5.74) is -1.53. The molecule has 5 atom stereocenters. The summed E-state index contributed by atoms with van der Waals surface area (Å²) in [6.07, 6.45) is -13.3. The molecule has 2 aromatic carbocycles. The Kier molecular flexibility index (Phi) is 9.71. The molecule has 5 unspecified atom stereocenters. The van der Waals surface area contributed by atoms with Gasteiger partial charge in [-0.15, -0.1) is 0 Å². The van der Waals surface area contributed by atoms with Crippen LogP contribution in [-0.4, -0.2) is 72.7 Å². The van der Waals surface area contributed by atoms with Gasteiger partial charge in [0, 0.05) is 34.5 Å². The second kappa shape index (κ2) is 12.8. The number of fused-ring (bicyclic) bond motifs is 1. The lowest BCUT2D eigenvalue weighted by atomic mass is 9.49. The molecule has 0 spiro atoms. The number of alkyl halides is 8. The number of esters is 1. The number of carbonyl (C=O) groups excluding carboxylic acids is 2. The van der Waals surface area contributed by atoms with Crippen molar-refractivity contribution in [1.82, 2.24) is 0 Å². The minimum Gasteiger partial charge on any atom is -0.743 e. The van der Waals surface area contributed by atoms with Crippen LogP contribution in [0.5, 0.6) is 0 Å². The molecule has 4 bridgehead atoms. The lowest BCUT2D eigenvalue weighted by Crippen LogP contribution is -2.58. The summed E-state index contributed by atoms with van der Waals surface area (Å²) in [4.78, 5) is 25.7. The molecule has 2 aromatic rings. The zero-order valence-electron chi connectivity index (χ0n) is 24.5. The number of benzene rings is 2. The van der Waals surface area contributed by atoms with Gasteiger partial charge in [-0.1, -0.05) is 30.3 Å². The first-order chi connectivity index (χ1) is 21.7. The van der Waals surface area contributed by atoms with Crippen LogP contribution >= 0.6 is 0 Å². The molecule has 260 valence electrons. The lowest BCUT2D eigenvalue weighted by Gasteiger charge is -2.54. The van der Waals surface area contributed by atoms with Gasteiger partial charge >= 0.3 is 23.6 Å². The number of hydrogen-bond acceptors (Lipinski definition) is 7. The summed E-state index contributed by atoms with van der Waals surface area (Å²) in [7, 11) is -6.75. The van der Waals surface area contributed by atoms with Gasteiger partial charge < -0.3 is 14.0 Å². The van der Waals surface area contributed by atoms with Gasteiger partial charge in [0.05, 0.1) is 5.41 Å². The van der Waals surface area contributed by atoms with Gasteiger partial charge in [0.1, 0.15) is 30.0 Å². The highest BCUT2D eigenvalue weighted by Crippen LogP contribution is 2.59. The Hall–Kier alpha value is -2.50. The van der Waals surface area contributed by atoms with Gasteiger partial charge in [0.2, 0.25) is 0 Å². The van der Waals surface area contributed by atoms with Crippen LogP contribution < -0.4 is 0 Å². The van der Waals surface area contributed by atoms with Crippen LogP contribution in [0.25, 0.3) is 10.8 Å². The molecule has 7 nitrogen and oxygen atoms in total. The van der Waals surface area contributed by atoms with Crippen LogP contribution in [0.2, 0.25) is 0 Å². The zero-order valence-corrected chi connectivity index (χ0v) is 26.1. The van der Waals surface area contributed by atoms with Crippen molar-refractivity contribution in [1.29, 1.82) is 0 Å². The quantitative estimate of drug-likeness (QED) is 0.146. The first-order valence-electron chi connectivity index (χ1n) is 14.7. The molecule has 1 aliphatic heterocycles. The van der Waals surface area contributed by atoms with Crippen LogP contribution in [-0.2, 0) is 40.1 Å². The third-order valence-electron chi connectivity index (χ3n) is 9.20. The maximum absolute atomic E-state index is 13.5. The fourth-order valence-corrected chi connectivity index (χ4v) is 10.4. The molecule has 5 aliphatic rings. The third kappa shape index (κ3) is 7.57. The van der Waals surface area contributed by atoms with Crippen molar-refractivity contribution in [3.05, 3.63) is 42.5 Å². The van der Waals surface area contributed by atoms with Gasteiger partial charge in [-0.2, -0.15) is 35.1 Å². The maximum atomic E-state index is 13.5. The Morgan fingerprint density at radius 1 is 0.957 bits per heavy atom. The molecular formula is C30H30F8O7S2. The summed E-state index contributed by atoms with van der Waals surface area (Å²) in [6.45, 7) is -1.13. The molecule has 7 rings (SSSR count). The van der Waals surface area contributed by atoms with E-state index in [-0.39, 0.29) is 48.0 Å². The molecule has 47 heavy (non-hydrogen) atoms. The summed E-state index contributed by atoms with van der Waals surface area (Å²) < 4.78 is 143. The first-order valence-corrected chi connectivity index (χ1v) is 17.7. The monoisotopic (exact) mass is 718 g/mol. The number of ketones is 1. The molecular weight excluding hydrogens is 688 g/mol. The van der Waals surface area contributed by atoms with Crippen LogP contribution in [0.15, 0.2) is 47.4 Å². The third-order valence-corrected chi connectivity index (χ3v) is 12.6. The minimum absolute atomic E-state index is 0.0159. The van der Waals surface area contributed by atoms with E-state index < -0.39 is 63.7 Å². The Balaban J connectivity index is 0.000000189. The molecule has 1 heterocycles. The zero-order chi connectivity index (χ0) is 34.6. The highest BCUT2D eigenvalue weighted by Gasteiger charge is 2.66.